The highest BCUT2D eigenvalue weighted by Crippen LogP contribution is 2.47. The SMILES string of the molecule is CC1CCCOC1(C)c1c(F)c(-c2c(F)cc(C(=O)N(C)C)cc2F)nc(C(N)=O)c1-c1cccnc1. The Balaban J connectivity index is 2.10. The Kier molecular flexibility index (Phi) is 7.05. The van der Waals surface area contributed by atoms with Gasteiger partial charge in [-0.2, -0.15) is 0 Å². The van der Waals surface area contributed by atoms with Crippen LogP contribution in [0.15, 0.2) is 36.7 Å². The molecule has 1 aliphatic rings. The lowest BCUT2D eigenvalue weighted by atomic mass is 9.75. The molecule has 1 aliphatic heterocycles. The van der Waals surface area contributed by atoms with Crippen molar-refractivity contribution in [2.45, 2.75) is 32.3 Å². The lowest BCUT2D eigenvalue weighted by Gasteiger charge is -2.41. The van der Waals surface area contributed by atoms with E-state index in [1.165, 1.54) is 26.5 Å². The molecule has 10 heteroatoms. The normalized spacial score (nSPS) is 19.5. The number of pyridine rings is 2. The molecule has 2 amide bonds. The third-order valence-corrected chi connectivity index (χ3v) is 6.87. The van der Waals surface area contributed by atoms with Crippen molar-refractivity contribution < 1.29 is 27.5 Å². The molecule has 3 heterocycles. The number of primary amides is 1. The smallest absolute Gasteiger partial charge is 0.267 e. The minimum atomic E-state index is -1.27. The first-order valence-corrected chi connectivity index (χ1v) is 11.8. The largest absolute Gasteiger partial charge is 0.370 e. The third-order valence-electron chi connectivity index (χ3n) is 6.87. The van der Waals surface area contributed by atoms with Gasteiger partial charge in [-0.3, -0.25) is 14.6 Å². The van der Waals surface area contributed by atoms with Crippen LogP contribution in [-0.4, -0.2) is 47.4 Å². The van der Waals surface area contributed by atoms with Crippen molar-refractivity contribution in [3.63, 3.8) is 0 Å². The molecule has 0 saturated carbocycles. The maximum atomic E-state index is 16.6. The van der Waals surface area contributed by atoms with Gasteiger partial charge in [0.15, 0.2) is 5.82 Å². The minimum Gasteiger partial charge on any atom is -0.370 e. The van der Waals surface area contributed by atoms with Crippen LogP contribution in [0.5, 0.6) is 0 Å². The van der Waals surface area contributed by atoms with Gasteiger partial charge in [0, 0.05) is 55.3 Å². The first-order valence-electron chi connectivity index (χ1n) is 11.8. The van der Waals surface area contributed by atoms with Crippen LogP contribution in [0.4, 0.5) is 13.2 Å². The van der Waals surface area contributed by atoms with Crippen molar-refractivity contribution in [3.05, 3.63) is 70.9 Å². The van der Waals surface area contributed by atoms with Gasteiger partial charge in [0.1, 0.15) is 23.0 Å². The highest BCUT2D eigenvalue weighted by atomic mass is 19.1. The fraction of sp³-hybridized carbons (Fsp3) is 0.333. The molecule has 1 saturated heterocycles. The van der Waals surface area contributed by atoms with Gasteiger partial charge in [-0.25, -0.2) is 18.2 Å². The molecule has 0 spiro atoms. The molecule has 2 atom stereocenters. The lowest BCUT2D eigenvalue weighted by Crippen LogP contribution is -2.40. The second kappa shape index (κ2) is 9.93. The van der Waals surface area contributed by atoms with E-state index in [2.05, 4.69) is 9.97 Å². The zero-order valence-corrected chi connectivity index (χ0v) is 20.9. The Morgan fingerprint density at radius 3 is 2.38 bits per heavy atom. The zero-order valence-electron chi connectivity index (χ0n) is 20.9. The first kappa shape index (κ1) is 26.3. The fourth-order valence-electron chi connectivity index (χ4n) is 4.76. The quantitative estimate of drug-likeness (QED) is 0.535. The average molecular weight is 513 g/mol. The molecule has 0 radical (unpaired) electrons. The summed E-state index contributed by atoms with van der Waals surface area (Å²) in [5.41, 5.74) is 2.52. The van der Waals surface area contributed by atoms with Crippen LogP contribution >= 0.6 is 0 Å². The van der Waals surface area contributed by atoms with Crippen molar-refractivity contribution in [1.29, 1.82) is 0 Å². The van der Waals surface area contributed by atoms with Crippen LogP contribution in [0.2, 0.25) is 0 Å². The summed E-state index contributed by atoms with van der Waals surface area (Å²) in [5.74, 6) is -5.36. The van der Waals surface area contributed by atoms with Gasteiger partial charge in [0.05, 0.1) is 11.2 Å². The molecule has 3 aromatic rings. The van der Waals surface area contributed by atoms with Gasteiger partial charge in [0.2, 0.25) is 0 Å². The van der Waals surface area contributed by atoms with Crippen LogP contribution in [0.1, 0.15) is 53.1 Å². The molecule has 7 nitrogen and oxygen atoms in total. The van der Waals surface area contributed by atoms with Crippen LogP contribution in [0.25, 0.3) is 22.4 Å². The molecule has 1 aromatic carbocycles. The van der Waals surface area contributed by atoms with E-state index in [-0.39, 0.29) is 28.3 Å². The van der Waals surface area contributed by atoms with E-state index in [0.717, 1.165) is 23.5 Å². The molecule has 2 N–H and O–H groups in total. The summed E-state index contributed by atoms with van der Waals surface area (Å²) in [6, 6.07) is 4.83. The summed E-state index contributed by atoms with van der Waals surface area (Å²) in [6.07, 6.45) is 4.36. The van der Waals surface area contributed by atoms with Crippen LogP contribution in [0, 0.1) is 23.4 Å². The Labute approximate surface area is 212 Å². The van der Waals surface area contributed by atoms with Gasteiger partial charge < -0.3 is 15.4 Å². The Morgan fingerprint density at radius 1 is 1.16 bits per heavy atom. The van der Waals surface area contributed by atoms with Crippen LogP contribution < -0.4 is 5.73 Å². The van der Waals surface area contributed by atoms with E-state index in [4.69, 9.17) is 10.5 Å². The topological polar surface area (TPSA) is 98.4 Å². The second-order valence-electron chi connectivity index (χ2n) is 9.49. The number of amides is 2. The van der Waals surface area contributed by atoms with Crippen molar-refractivity contribution in [2.75, 3.05) is 20.7 Å². The van der Waals surface area contributed by atoms with Crippen molar-refractivity contribution in [2.24, 2.45) is 11.7 Å². The summed E-state index contributed by atoms with van der Waals surface area (Å²) in [6.45, 7) is 3.87. The van der Waals surface area contributed by atoms with E-state index in [1.54, 1.807) is 19.1 Å². The van der Waals surface area contributed by atoms with E-state index in [9.17, 15) is 9.59 Å². The number of benzene rings is 1. The molecule has 4 rings (SSSR count). The molecule has 2 unspecified atom stereocenters. The molecule has 0 bridgehead atoms. The van der Waals surface area contributed by atoms with Crippen molar-refractivity contribution in [1.82, 2.24) is 14.9 Å². The molecular formula is C27H27F3N4O3. The highest BCUT2D eigenvalue weighted by Gasteiger charge is 2.43. The van der Waals surface area contributed by atoms with Gasteiger partial charge in [-0.1, -0.05) is 13.0 Å². The average Bonchev–Trinajstić information content (AvgIpc) is 2.85. The van der Waals surface area contributed by atoms with Crippen molar-refractivity contribution >= 4 is 11.8 Å². The van der Waals surface area contributed by atoms with E-state index >= 15 is 13.2 Å². The second-order valence-corrected chi connectivity index (χ2v) is 9.49. The molecule has 37 heavy (non-hydrogen) atoms. The summed E-state index contributed by atoms with van der Waals surface area (Å²) < 4.78 is 53.3. The Morgan fingerprint density at radius 2 is 1.84 bits per heavy atom. The summed E-state index contributed by atoms with van der Waals surface area (Å²) in [5, 5.41) is 0. The third kappa shape index (κ3) is 4.57. The summed E-state index contributed by atoms with van der Waals surface area (Å²) >= 11 is 0. The minimum absolute atomic E-state index is 0.0540. The van der Waals surface area contributed by atoms with Crippen molar-refractivity contribution in [3.8, 4) is 22.4 Å². The van der Waals surface area contributed by atoms with Gasteiger partial charge in [0.25, 0.3) is 11.8 Å². The number of hydrogen-bond donors (Lipinski definition) is 1. The molecule has 0 aliphatic carbocycles. The number of carbonyl (C=O) groups excluding carboxylic acids is 2. The first-order chi connectivity index (χ1) is 17.5. The number of carbonyl (C=O) groups is 2. The van der Waals surface area contributed by atoms with Gasteiger partial charge in [-0.05, 0) is 43.9 Å². The maximum absolute atomic E-state index is 16.6. The molecule has 1 fully saturated rings. The summed E-state index contributed by atoms with van der Waals surface area (Å²) in [4.78, 5) is 34.2. The van der Waals surface area contributed by atoms with E-state index < -0.39 is 46.1 Å². The number of nitrogens with two attached hydrogens (primary N) is 1. The standard InChI is InChI=1S/C27H27F3N4O3/c1-14-7-6-10-37-27(14,2)21-19(15-8-5-9-32-13-15)24(25(31)35)33-23(22(21)30)20-17(28)11-16(12-18(20)29)26(36)34(3)4/h5,8-9,11-14H,6-7,10H2,1-4H3,(H2,31,35). The van der Waals surface area contributed by atoms with Crippen LogP contribution in [-0.2, 0) is 10.3 Å². The predicted octanol–water partition coefficient (Wildman–Crippen LogP) is 4.69. The number of rotatable bonds is 5. The van der Waals surface area contributed by atoms with Gasteiger partial charge in [-0.15, -0.1) is 0 Å². The van der Waals surface area contributed by atoms with Crippen LogP contribution in [0.3, 0.4) is 0 Å². The van der Waals surface area contributed by atoms with Gasteiger partial charge >= 0.3 is 0 Å². The Hall–Kier alpha value is -3.79. The number of aromatic nitrogens is 2. The number of hydrogen-bond acceptors (Lipinski definition) is 5. The molecule has 2 aromatic heterocycles. The Bertz CT molecular complexity index is 1360. The number of nitrogens with zero attached hydrogens (tertiary/aromatic N) is 3. The predicted molar refractivity (Wildman–Crippen MR) is 131 cm³/mol. The fourth-order valence-corrected chi connectivity index (χ4v) is 4.76. The molecule has 194 valence electrons. The highest BCUT2D eigenvalue weighted by molar-refractivity contribution is 6.00. The lowest BCUT2D eigenvalue weighted by molar-refractivity contribution is -0.108. The zero-order chi connectivity index (χ0) is 27.1. The number of halogens is 3. The maximum Gasteiger partial charge on any atom is 0.267 e. The van der Waals surface area contributed by atoms with E-state index in [0.29, 0.717) is 18.6 Å². The molecular weight excluding hydrogens is 485 g/mol. The number of ether oxygens (including phenoxy) is 1. The monoisotopic (exact) mass is 512 g/mol. The van der Waals surface area contributed by atoms with E-state index in [1.807, 2.05) is 6.92 Å². The summed E-state index contributed by atoms with van der Waals surface area (Å²) in [7, 11) is 2.86.